The summed E-state index contributed by atoms with van der Waals surface area (Å²) in [5, 5.41) is 7.97. The van der Waals surface area contributed by atoms with E-state index >= 15 is 0 Å². The molecular formula is C8H9N5O2S2. The highest BCUT2D eigenvalue weighted by Gasteiger charge is 2.10. The van der Waals surface area contributed by atoms with Gasteiger partial charge in [-0.2, -0.15) is 0 Å². The van der Waals surface area contributed by atoms with Crippen LogP contribution in [0.1, 0.15) is 16.1 Å². The van der Waals surface area contributed by atoms with Crippen molar-refractivity contribution in [3.05, 3.63) is 23.7 Å². The first-order valence-electron chi connectivity index (χ1n) is 4.49. The normalized spacial score (nSPS) is 10.4. The Morgan fingerprint density at radius 3 is 3.06 bits per heavy atom. The lowest BCUT2D eigenvalue weighted by molar-refractivity contribution is 0.0953. The smallest absolute Gasteiger partial charge is 0.268 e. The average molecular weight is 271 g/mol. The Hall–Kier alpha value is -1.58. The van der Waals surface area contributed by atoms with Crippen molar-refractivity contribution >= 4 is 34.1 Å². The Kier molecular flexibility index (Phi) is 3.61. The van der Waals surface area contributed by atoms with Crippen molar-refractivity contribution in [2.75, 3.05) is 5.73 Å². The van der Waals surface area contributed by atoms with E-state index in [-0.39, 0.29) is 5.91 Å². The Labute approximate surface area is 105 Å². The van der Waals surface area contributed by atoms with Crippen molar-refractivity contribution in [1.29, 1.82) is 0 Å². The number of anilines is 1. The summed E-state index contributed by atoms with van der Waals surface area (Å²) in [5.41, 5.74) is 7.87. The van der Waals surface area contributed by atoms with Gasteiger partial charge in [0.05, 0.1) is 11.3 Å². The molecule has 0 aliphatic carbocycles. The molecule has 0 bridgehead atoms. The molecule has 0 saturated carbocycles. The molecule has 0 fully saturated rings. The van der Waals surface area contributed by atoms with Gasteiger partial charge in [-0.3, -0.25) is 10.2 Å². The zero-order valence-electron chi connectivity index (χ0n) is 8.54. The number of amides is 1. The third-order valence-electron chi connectivity index (χ3n) is 1.81. The summed E-state index contributed by atoms with van der Waals surface area (Å²) in [6.45, 7) is 0. The molecule has 5 N–H and O–H groups in total. The Balaban J connectivity index is 1.95. The van der Waals surface area contributed by atoms with Crippen LogP contribution in [0.5, 0.6) is 0 Å². The molecule has 90 valence electrons. The Morgan fingerprint density at radius 2 is 2.41 bits per heavy atom. The number of rotatable bonds is 4. The van der Waals surface area contributed by atoms with Gasteiger partial charge in [0.25, 0.3) is 5.91 Å². The number of nitrogens with one attached hydrogen (secondary N) is 1. The highest BCUT2D eigenvalue weighted by atomic mass is 32.2. The molecule has 0 atom stereocenters. The summed E-state index contributed by atoms with van der Waals surface area (Å²) in [5.74, 6) is 5.82. The number of hydrogen-bond acceptors (Lipinski definition) is 8. The fourth-order valence-electron chi connectivity index (χ4n) is 1.07. The van der Waals surface area contributed by atoms with Crippen LogP contribution in [0.25, 0.3) is 0 Å². The van der Waals surface area contributed by atoms with E-state index in [1.165, 1.54) is 29.4 Å². The second kappa shape index (κ2) is 5.17. The quantitative estimate of drug-likeness (QED) is 0.322. The minimum Gasteiger partial charge on any atom is -0.468 e. The zero-order valence-corrected chi connectivity index (χ0v) is 10.2. The van der Waals surface area contributed by atoms with E-state index in [1.807, 2.05) is 5.43 Å². The molecule has 17 heavy (non-hydrogen) atoms. The van der Waals surface area contributed by atoms with Gasteiger partial charge in [-0.05, 0) is 6.07 Å². The first-order valence-corrected chi connectivity index (χ1v) is 6.29. The van der Waals surface area contributed by atoms with E-state index in [2.05, 4.69) is 10.2 Å². The summed E-state index contributed by atoms with van der Waals surface area (Å²) >= 11 is 2.74. The minimum atomic E-state index is -0.384. The Bertz CT molecular complexity index is 523. The van der Waals surface area contributed by atoms with E-state index in [9.17, 15) is 4.79 Å². The van der Waals surface area contributed by atoms with Gasteiger partial charge in [0.2, 0.25) is 5.13 Å². The molecular weight excluding hydrogens is 262 g/mol. The molecule has 2 aromatic rings. The van der Waals surface area contributed by atoms with Gasteiger partial charge in [0.1, 0.15) is 12.0 Å². The van der Waals surface area contributed by atoms with Gasteiger partial charge >= 0.3 is 0 Å². The number of aromatic nitrogens is 2. The van der Waals surface area contributed by atoms with Crippen molar-refractivity contribution in [3.63, 3.8) is 0 Å². The molecule has 7 nitrogen and oxygen atoms in total. The first-order chi connectivity index (χ1) is 8.19. The molecule has 2 heterocycles. The van der Waals surface area contributed by atoms with Crippen LogP contribution in [0.2, 0.25) is 0 Å². The molecule has 2 aromatic heterocycles. The lowest BCUT2D eigenvalue weighted by Gasteiger charge is -1.92. The lowest BCUT2D eigenvalue weighted by atomic mass is 10.3. The standard InChI is InChI=1S/C8H9N5O2S2/c9-7-12-13-8(17-7)16-3-5-1-4(2-15-5)6(14)11-10/h1-2H,3,10H2,(H2,9,12)(H,11,14). The zero-order chi connectivity index (χ0) is 12.3. The number of nitrogens with two attached hydrogens (primary N) is 2. The molecule has 0 spiro atoms. The summed E-state index contributed by atoms with van der Waals surface area (Å²) in [7, 11) is 0. The van der Waals surface area contributed by atoms with Crippen LogP contribution in [0, 0.1) is 0 Å². The fraction of sp³-hybridized carbons (Fsp3) is 0.125. The van der Waals surface area contributed by atoms with E-state index in [0.29, 0.717) is 22.2 Å². The summed E-state index contributed by atoms with van der Waals surface area (Å²) < 4.78 is 5.96. The van der Waals surface area contributed by atoms with Crippen molar-refractivity contribution in [2.45, 2.75) is 10.1 Å². The predicted octanol–water partition coefficient (Wildman–Crippen LogP) is 0.609. The molecule has 9 heteroatoms. The third-order valence-corrected chi connectivity index (χ3v) is 3.72. The number of hydrazine groups is 1. The van der Waals surface area contributed by atoms with E-state index < -0.39 is 0 Å². The van der Waals surface area contributed by atoms with Gasteiger partial charge in [-0.1, -0.05) is 23.1 Å². The number of nitrogen functional groups attached to an aromatic ring is 2. The molecule has 0 radical (unpaired) electrons. The van der Waals surface area contributed by atoms with Crippen molar-refractivity contribution in [2.24, 2.45) is 5.84 Å². The topological polar surface area (TPSA) is 120 Å². The molecule has 0 saturated heterocycles. The highest BCUT2D eigenvalue weighted by molar-refractivity contribution is 8.00. The van der Waals surface area contributed by atoms with Crippen LogP contribution in [0.15, 0.2) is 21.1 Å². The second-order valence-electron chi connectivity index (χ2n) is 2.97. The lowest BCUT2D eigenvalue weighted by Crippen LogP contribution is -2.29. The van der Waals surface area contributed by atoms with Crippen molar-refractivity contribution in [3.8, 4) is 0 Å². The largest absolute Gasteiger partial charge is 0.468 e. The number of hydrogen-bond donors (Lipinski definition) is 3. The number of thioether (sulfide) groups is 1. The maximum absolute atomic E-state index is 11.2. The SMILES string of the molecule is NNC(=O)c1coc(CSc2nnc(N)s2)c1. The molecule has 0 aliphatic rings. The van der Waals surface area contributed by atoms with E-state index in [4.69, 9.17) is 16.0 Å². The second-order valence-corrected chi connectivity index (χ2v) is 5.20. The van der Waals surface area contributed by atoms with Crippen LogP contribution >= 0.6 is 23.1 Å². The number of carbonyl (C=O) groups is 1. The number of carbonyl (C=O) groups excluding carboxylic acids is 1. The summed E-state index contributed by atoms with van der Waals surface area (Å²) in [4.78, 5) is 11.2. The van der Waals surface area contributed by atoms with Gasteiger partial charge in [0, 0.05) is 0 Å². The predicted molar refractivity (Wildman–Crippen MR) is 64.2 cm³/mol. The van der Waals surface area contributed by atoms with Crippen LogP contribution in [0.4, 0.5) is 5.13 Å². The van der Waals surface area contributed by atoms with Crippen LogP contribution in [-0.4, -0.2) is 16.1 Å². The monoisotopic (exact) mass is 271 g/mol. The van der Waals surface area contributed by atoms with Gasteiger partial charge in [0.15, 0.2) is 4.34 Å². The molecule has 2 rings (SSSR count). The Morgan fingerprint density at radius 1 is 1.59 bits per heavy atom. The minimum absolute atomic E-state index is 0.384. The average Bonchev–Trinajstić information content (AvgIpc) is 2.94. The van der Waals surface area contributed by atoms with Crippen molar-refractivity contribution < 1.29 is 9.21 Å². The maximum Gasteiger partial charge on any atom is 0.268 e. The molecule has 0 aromatic carbocycles. The number of nitrogens with zero attached hydrogens (tertiary/aromatic N) is 2. The van der Waals surface area contributed by atoms with Crippen LogP contribution < -0.4 is 17.0 Å². The van der Waals surface area contributed by atoms with E-state index in [1.54, 1.807) is 6.07 Å². The third kappa shape index (κ3) is 2.96. The van der Waals surface area contributed by atoms with Gasteiger partial charge in [-0.25, -0.2) is 5.84 Å². The summed E-state index contributed by atoms with van der Waals surface area (Å²) in [6.07, 6.45) is 1.35. The van der Waals surface area contributed by atoms with Gasteiger partial charge in [-0.15, -0.1) is 10.2 Å². The van der Waals surface area contributed by atoms with Crippen LogP contribution in [0.3, 0.4) is 0 Å². The first kappa shape index (κ1) is 11.9. The highest BCUT2D eigenvalue weighted by Crippen LogP contribution is 2.27. The van der Waals surface area contributed by atoms with E-state index in [0.717, 1.165) is 4.34 Å². The van der Waals surface area contributed by atoms with Crippen molar-refractivity contribution in [1.82, 2.24) is 15.6 Å². The van der Waals surface area contributed by atoms with Crippen LogP contribution in [-0.2, 0) is 5.75 Å². The summed E-state index contributed by atoms with van der Waals surface area (Å²) in [6, 6.07) is 1.62. The molecule has 0 aliphatic heterocycles. The fourth-order valence-corrected chi connectivity index (χ4v) is 2.60. The molecule has 1 amide bonds. The maximum atomic E-state index is 11.2. The molecule has 0 unspecified atom stereocenters. The van der Waals surface area contributed by atoms with Gasteiger partial charge < -0.3 is 10.2 Å². The number of furan rings is 1.